The van der Waals surface area contributed by atoms with Crippen LogP contribution in [0.4, 0.5) is 0 Å². The van der Waals surface area contributed by atoms with Crippen molar-refractivity contribution in [1.29, 1.82) is 0 Å². The van der Waals surface area contributed by atoms with Gasteiger partial charge < -0.3 is 10.6 Å². The van der Waals surface area contributed by atoms with Gasteiger partial charge in [-0.1, -0.05) is 6.42 Å². The van der Waals surface area contributed by atoms with Crippen LogP contribution >= 0.6 is 0 Å². The molecule has 0 aromatic rings. The smallest absolute Gasteiger partial charge is 0.217 e. The van der Waals surface area contributed by atoms with Gasteiger partial charge in [-0.2, -0.15) is 0 Å². The van der Waals surface area contributed by atoms with Crippen molar-refractivity contribution in [3.63, 3.8) is 0 Å². The number of hydrogen-bond acceptors (Lipinski definition) is 1. The van der Waals surface area contributed by atoms with E-state index in [1.165, 1.54) is 0 Å². The molecule has 1 fully saturated rings. The van der Waals surface area contributed by atoms with Crippen LogP contribution in [0.15, 0.2) is 0 Å². The molecule has 1 N–H and O–H groups in total. The molecule has 0 aromatic heterocycles. The molecule has 0 aromatic carbocycles. The molecular formula is C6H11N2ORe-. The monoisotopic (exact) mass is 314 g/mol. The summed E-state index contributed by atoms with van der Waals surface area (Å²) in [6, 6.07) is 0.322. The van der Waals surface area contributed by atoms with Gasteiger partial charge in [0.15, 0.2) is 0 Å². The predicted molar refractivity (Wildman–Crippen MR) is 35.3 cm³/mol. The zero-order valence-electron chi connectivity index (χ0n) is 5.93. The number of nitrogens with zero attached hydrogens (tertiary/aromatic N) is 1. The van der Waals surface area contributed by atoms with Gasteiger partial charge in [-0.15, -0.1) is 13.1 Å². The van der Waals surface area contributed by atoms with Crippen molar-refractivity contribution in [1.82, 2.24) is 5.32 Å². The molecule has 0 spiro atoms. The van der Waals surface area contributed by atoms with Crippen molar-refractivity contribution < 1.29 is 25.2 Å². The summed E-state index contributed by atoms with van der Waals surface area (Å²) < 4.78 is 0. The molecule has 10 heavy (non-hydrogen) atoms. The molecule has 1 radical (unpaired) electrons. The Morgan fingerprint density at radius 3 is 2.80 bits per heavy atom. The van der Waals surface area contributed by atoms with Crippen molar-refractivity contribution in [3.8, 4) is 0 Å². The second-order valence-corrected chi connectivity index (χ2v) is 2.32. The largest absolute Gasteiger partial charge is 0.661 e. The van der Waals surface area contributed by atoms with Gasteiger partial charge in [0, 0.05) is 33.4 Å². The van der Waals surface area contributed by atoms with Crippen LogP contribution in [-0.2, 0) is 25.2 Å². The first kappa shape index (κ1) is 10.1. The fourth-order valence-corrected chi connectivity index (χ4v) is 0.991. The Labute approximate surface area is 74.6 Å². The van der Waals surface area contributed by atoms with Gasteiger partial charge in [0.2, 0.25) is 5.91 Å². The summed E-state index contributed by atoms with van der Waals surface area (Å²) in [5, 5.41) is 6.91. The Morgan fingerprint density at radius 1 is 1.70 bits per heavy atom. The topological polar surface area (TPSA) is 43.2 Å². The van der Waals surface area contributed by atoms with E-state index in [1.54, 1.807) is 6.92 Å². The minimum absolute atomic E-state index is 0. The molecule has 1 heterocycles. The molecule has 1 saturated heterocycles. The van der Waals surface area contributed by atoms with Crippen LogP contribution in [0, 0.1) is 0 Å². The van der Waals surface area contributed by atoms with Crippen molar-refractivity contribution in [2.45, 2.75) is 19.4 Å². The van der Waals surface area contributed by atoms with Crippen LogP contribution in [0.2, 0.25) is 0 Å². The number of hydrogen-bond donors (Lipinski definition) is 1. The summed E-state index contributed by atoms with van der Waals surface area (Å²) in [5.74, 6) is 0.0529. The van der Waals surface area contributed by atoms with E-state index in [4.69, 9.17) is 0 Å². The van der Waals surface area contributed by atoms with Crippen LogP contribution in [0.25, 0.3) is 5.32 Å². The molecular weight excluding hydrogens is 302 g/mol. The van der Waals surface area contributed by atoms with Crippen LogP contribution < -0.4 is 5.32 Å². The maximum Gasteiger partial charge on any atom is 0.217 e. The van der Waals surface area contributed by atoms with Gasteiger partial charge in [0.25, 0.3) is 0 Å². The second-order valence-electron chi connectivity index (χ2n) is 2.32. The van der Waals surface area contributed by atoms with Crippen molar-refractivity contribution in [2.24, 2.45) is 0 Å². The Hall–Kier alpha value is 0.0923. The van der Waals surface area contributed by atoms with E-state index < -0.39 is 0 Å². The summed E-state index contributed by atoms with van der Waals surface area (Å²) in [7, 11) is 0. The van der Waals surface area contributed by atoms with Crippen LogP contribution in [-0.4, -0.2) is 25.0 Å². The Kier molecular flexibility index (Phi) is 4.88. The molecule has 1 rings (SSSR count). The summed E-state index contributed by atoms with van der Waals surface area (Å²) >= 11 is 0. The molecule has 1 atom stereocenters. The number of nitrogens with one attached hydrogen (secondary N) is 1. The van der Waals surface area contributed by atoms with Crippen molar-refractivity contribution in [3.05, 3.63) is 5.32 Å². The maximum absolute atomic E-state index is 10.4. The molecule has 1 amide bonds. The Bertz CT molecular complexity index is 112. The first-order valence-corrected chi connectivity index (χ1v) is 3.19. The van der Waals surface area contributed by atoms with E-state index in [9.17, 15) is 4.79 Å². The van der Waals surface area contributed by atoms with Crippen LogP contribution in [0.5, 0.6) is 0 Å². The summed E-state index contributed by atoms with van der Waals surface area (Å²) in [6.07, 6.45) is 1.01. The minimum atomic E-state index is 0. The molecule has 1 aliphatic heterocycles. The third-order valence-electron chi connectivity index (χ3n) is 1.39. The molecule has 0 bridgehead atoms. The molecule has 3 nitrogen and oxygen atoms in total. The van der Waals surface area contributed by atoms with Gasteiger partial charge in [-0.05, 0) is 0 Å². The Morgan fingerprint density at radius 2 is 2.40 bits per heavy atom. The predicted octanol–water partition coefficient (Wildman–Crippen LogP) is 0.266. The number of rotatable bonds is 1. The van der Waals surface area contributed by atoms with Gasteiger partial charge in [0.1, 0.15) is 0 Å². The average Bonchev–Trinajstić information content (AvgIpc) is 2.15. The standard InChI is InChI=1S/C6H11N2O.Re/c1-5(9)8-6-2-3-7-4-6;/h6H,2-4H2,1H3,(H,8,9);/q-1;. The molecule has 0 saturated carbocycles. The fourth-order valence-electron chi connectivity index (χ4n) is 0.991. The third-order valence-corrected chi connectivity index (χ3v) is 1.39. The van der Waals surface area contributed by atoms with E-state index in [0.717, 1.165) is 19.5 Å². The van der Waals surface area contributed by atoms with E-state index in [2.05, 4.69) is 10.6 Å². The summed E-state index contributed by atoms with van der Waals surface area (Å²) in [4.78, 5) is 10.4. The van der Waals surface area contributed by atoms with E-state index >= 15 is 0 Å². The third kappa shape index (κ3) is 3.31. The zero-order chi connectivity index (χ0) is 6.69. The van der Waals surface area contributed by atoms with Crippen LogP contribution in [0.1, 0.15) is 13.3 Å². The van der Waals surface area contributed by atoms with Crippen molar-refractivity contribution >= 4 is 5.91 Å². The molecule has 0 aliphatic carbocycles. The van der Waals surface area contributed by atoms with Gasteiger partial charge in [-0.3, -0.25) is 4.79 Å². The van der Waals surface area contributed by atoms with Gasteiger partial charge in [-0.25, -0.2) is 0 Å². The average molecular weight is 313 g/mol. The quantitative estimate of drug-likeness (QED) is 0.742. The maximum atomic E-state index is 10.4. The molecule has 1 unspecified atom stereocenters. The van der Waals surface area contributed by atoms with E-state index in [-0.39, 0.29) is 26.3 Å². The van der Waals surface area contributed by atoms with E-state index in [0.29, 0.717) is 6.04 Å². The van der Waals surface area contributed by atoms with E-state index in [1.807, 2.05) is 0 Å². The van der Waals surface area contributed by atoms with Crippen LogP contribution in [0.3, 0.4) is 0 Å². The molecule has 1 aliphatic rings. The number of carbonyl (C=O) groups excluding carboxylic acids is 1. The first-order chi connectivity index (χ1) is 4.29. The van der Waals surface area contributed by atoms with Gasteiger partial charge in [0.05, 0.1) is 0 Å². The fraction of sp³-hybridized carbons (Fsp3) is 0.833. The first-order valence-electron chi connectivity index (χ1n) is 3.19. The normalized spacial score (nSPS) is 23.5. The number of carbonyl (C=O) groups is 1. The van der Waals surface area contributed by atoms with Gasteiger partial charge >= 0.3 is 0 Å². The SMILES string of the molecule is CC(=O)NC1CC[N-]C1.[Re]. The zero-order valence-corrected chi connectivity index (χ0v) is 8.65. The minimum Gasteiger partial charge on any atom is -0.661 e. The number of amides is 1. The Balaban J connectivity index is 0.000000810. The summed E-state index contributed by atoms with van der Waals surface area (Å²) in [5.41, 5.74) is 0. The second kappa shape index (κ2) is 4.84. The van der Waals surface area contributed by atoms with Crippen molar-refractivity contribution in [2.75, 3.05) is 13.1 Å². The molecule has 4 heteroatoms. The molecule has 59 valence electrons. The summed E-state index contributed by atoms with van der Waals surface area (Å²) in [6.45, 7) is 3.25.